The number of nitriles is 1. The van der Waals surface area contributed by atoms with E-state index >= 15 is 0 Å². The zero-order valence-corrected chi connectivity index (χ0v) is 11.9. The first kappa shape index (κ1) is 14.0. The first-order valence-electron chi connectivity index (χ1n) is 6.55. The van der Waals surface area contributed by atoms with E-state index in [9.17, 15) is 4.79 Å². The standard InChI is InChI=1S/C16H17N3O/c1-11-10-14(13-6-4-5-7-15(13)18-11)16(20)19(3)12(2)8-9-17/h4-7,10,12H,8H2,1-3H3. The molecule has 102 valence electrons. The zero-order chi connectivity index (χ0) is 14.7. The third-order valence-corrected chi connectivity index (χ3v) is 3.44. The summed E-state index contributed by atoms with van der Waals surface area (Å²) in [6, 6.07) is 11.4. The van der Waals surface area contributed by atoms with Crippen LogP contribution in [0.5, 0.6) is 0 Å². The average Bonchev–Trinajstić information content (AvgIpc) is 2.45. The molecule has 1 atom stereocenters. The number of aromatic nitrogens is 1. The molecule has 0 aliphatic heterocycles. The molecule has 1 aromatic heterocycles. The van der Waals surface area contributed by atoms with E-state index in [1.807, 2.05) is 38.1 Å². The molecule has 0 aliphatic rings. The smallest absolute Gasteiger partial charge is 0.254 e. The number of hydrogen-bond acceptors (Lipinski definition) is 3. The Hall–Kier alpha value is -2.41. The molecule has 0 spiro atoms. The summed E-state index contributed by atoms with van der Waals surface area (Å²) in [6.07, 6.45) is 0.324. The maximum absolute atomic E-state index is 12.6. The molecule has 1 aromatic carbocycles. The molecule has 4 heteroatoms. The van der Waals surface area contributed by atoms with E-state index in [4.69, 9.17) is 5.26 Å². The van der Waals surface area contributed by atoms with Crippen molar-refractivity contribution in [1.82, 2.24) is 9.88 Å². The summed E-state index contributed by atoms with van der Waals surface area (Å²) < 4.78 is 0. The molecule has 1 heterocycles. The Labute approximate surface area is 118 Å². The Morgan fingerprint density at radius 1 is 1.45 bits per heavy atom. The van der Waals surface area contributed by atoms with Crippen LogP contribution in [0.3, 0.4) is 0 Å². The van der Waals surface area contributed by atoms with Crippen molar-refractivity contribution in [2.75, 3.05) is 7.05 Å². The van der Waals surface area contributed by atoms with Gasteiger partial charge in [0.15, 0.2) is 0 Å². The normalized spacial score (nSPS) is 11.9. The lowest BCUT2D eigenvalue weighted by Crippen LogP contribution is -2.35. The predicted octanol–water partition coefficient (Wildman–Crippen LogP) is 2.92. The van der Waals surface area contributed by atoms with Crippen molar-refractivity contribution in [2.45, 2.75) is 26.3 Å². The fourth-order valence-corrected chi connectivity index (χ4v) is 2.14. The van der Waals surface area contributed by atoms with Gasteiger partial charge in [-0.25, -0.2) is 0 Å². The molecule has 0 N–H and O–H groups in total. The van der Waals surface area contributed by atoms with Gasteiger partial charge in [0.1, 0.15) is 0 Å². The fourth-order valence-electron chi connectivity index (χ4n) is 2.14. The molecule has 1 unspecified atom stereocenters. The summed E-state index contributed by atoms with van der Waals surface area (Å²) in [7, 11) is 1.73. The second kappa shape index (κ2) is 5.70. The quantitative estimate of drug-likeness (QED) is 0.859. The van der Waals surface area contributed by atoms with Gasteiger partial charge in [0, 0.05) is 24.2 Å². The molecule has 20 heavy (non-hydrogen) atoms. The Morgan fingerprint density at radius 3 is 2.85 bits per heavy atom. The van der Waals surface area contributed by atoms with Gasteiger partial charge in [0.2, 0.25) is 0 Å². The number of amides is 1. The first-order chi connectivity index (χ1) is 9.54. The van der Waals surface area contributed by atoms with Gasteiger partial charge in [-0.2, -0.15) is 5.26 Å². The second-order valence-electron chi connectivity index (χ2n) is 4.96. The maximum atomic E-state index is 12.6. The van der Waals surface area contributed by atoms with Crippen LogP contribution in [0.1, 0.15) is 29.4 Å². The van der Waals surface area contributed by atoms with E-state index in [2.05, 4.69) is 11.1 Å². The summed E-state index contributed by atoms with van der Waals surface area (Å²) in [5.74, 6) is -0.0746. The van der Waals surface area contributed by atoms with Gasteiger partial charge >= 0.3 is 0 Å². The number of rotatable bonds is 3. The highest BCUT2D eigenvalue weighted by Crippen LogP contribution is 2.20. The van der Waals surface area contributed by atoms with Crippen LogP contribution in [-0.2, 0) is 0 Å². The van der Waals surface area contributed by atoms with Crippen LogP contribution in [0.15, 0.2) is 30.3 Å². The molecule has 1 amide bonds. The van der Waals surface area contributed by atoms with Gasteiger partial charge in [-0.15, -0.1) is 0 Å². The van der Waals surface area contributed by atoms with Gasteiger partial charge in [0.05, 0.1) is 23.6 Å². The molecule has 0 saturated heterocycles. The molecule has 2 aromatic rings. The molecular formula is C16H17N3O. The van der Waals surface area contributed by atoms with Crippen molar-refractivity contribution < 1.29 is 4.79 Å². The Kier molecular flexibility index (Phi) is 3.99. The highest BCUT2D eigenvalue weighted by atomic mass is 16.2. The van der Waals surface area contributed by atoms with Gasteiger partial charge in [-0.1, -0.05) is 18.2 Å². The van der Waals surface area contributed by atoms with E-state index in [1.165, 1.54) is 0 Å². The monoisotopic (exact) mass is 267 g/mol. The van der Waals surface area contributed by atoms with E-state index in [-0.39, 0.29) is 11.9 Å². The van der Waals surface area contributed by atoms with Crippen LogP contribution in [0.4, 0.5) is 0 Å². The van der Waals surface area contributed by atoms with E-state index < -0.39 is 0 Å². The highest BCUT2D eigenvalue weighted by molar-refractivity contribution is 6.06. The minimum Gasteiger partial charge on any atom is -0.338 e. The lowest BCUT2D eigenvalue weighted by atomic mass is 10.1. The predicted molar refractivity (Wildman–Crippen MR) is 78.3 cm³/mol. The molecule has 4 nitrogen and oxygen atoms in total. The number of benzene rings is 1. The van der Waals surface area contributed by atoms with Crippen LogP contribution in [0.2, 0.25) is 0 Å². The number of pyridine rings is 1. The molecule has 0 saturated carbocycles. The van der Waals surface area contributed by atoms with Crippen LogP contribution in [0.25, 0.3) is 10.9 Å². The van der Waals surface area contributed by atoms with Gasteiger partial charge < -0.3 is 4.90 Å². The third-order valence-electron chi connectivity index (χ3n) is 3.44. The molecule has 0 bridgehead atoms. The van der Waals surface area contributed by atoms with Crippen molar-refractivity contribution >= 4 is 16.8 Å². The van der Waals surface area contributed by atoms with Crippen LogP contribution >= 0.6 is 0 Å². The van der Waals surface area contributed by atoms with Crippen molar-refractivity contribution in [3.8, 4) is 6.07 Å². The van der Waals surface area contributed by atoms with Crippen molar-refractivity contribution in [2.24, 2.45) is 0 Å². The minimum absolute atomic E-state index is 0.0746. The molecule has 0 aliphatic carbocycles. The summed E-state index contributed by atoms with van der Waals surface area (Å²) in [6.45, 7) is 3.75. The van der Waals surface area contributed by atoms with Gasteiger partial charge in [-0.05, 0) is 26.0 Å². The van der Waals surface area contributed by atoms with Crippen LogP contribution < -0.4 is 0 Å². The van der Waals surface area contributed by atoms with Crippen molar-refractivity contribution in [1.29, 1.82) is 5.26 Å². The lowest BCUT2D eigenvalue weighted by molar-refractivity contribution is 0.0748. The number of nitrogens with zero attached hydrogens (tertiary/aromatic N) is 3. The molecule has 0 fully saturated rings. The SMILES string of the molecule is Cc1cc(C(=O)N(C)C(C)CC#N)c2ccccc2n1. The lowest BCUT2D eigenvalue weighted by Gasteiger charge is -2.23. The number of para-hydroxylation sites is 1. The van der Waals surface area contributed by atoms with Gasteiger partial charge in [0.25, 0.3) is 5.91 Å². The Balaban J connectivity index is 2.47. The Bertz CT molecular complexity index is 688. The number of carbonyl (C=O) groups excluding carboxylic acids is 1. The number of hydrogen-bond donors (Lipinski definition) is 0. The minimum atomic E-state index is -0.111. The second-order valence-corrected chi connectivity index (χ2v) is 4.96. The number of carbonyl (C=O) groups is 1. The fraction of sp³-hybridized carbons (Fsp3) is 0.312. The summed E-state index contributed by atoms with van der Waals surface area (Å²) >= 11 is 0. The van der Waals surface area contributed by atoms with E-state index in [1.54, 1.807) is 18.0 Å². The summed E-state index contributed by atoms with van der Waals surface area (Å²) in [5.41, 5.74) is 2.27. The van der Waals surface area contributed by atoms with E-state index in [0.717, 1.165) is 16.6 Å². The third kappa shape index (κ3) is 2.62. The molecule has 0 radical (unpaired) electrons. The van der Waals surface area contributed by atoms with Crippen LogP contribution in [-0.4, -0.2) is 28.9 Å². The Morgan fingerprint density at radius 2 is 2.15 bits per heavy atom. The topological polar surface area (TPSA) is 57.0 Å². The molecular weight excluding hydrogens is 250 g/mol. The maximum Gasteiger partial charge on any atom is 0.254 e. The van der Waals surface area contributed by atoms with Crippen molar-refractivity contribution in [3.05, 3.63) is 41.6 Å². The molecule has 2 rings (SSSR count). The van der Waals surface area contributed by atoms with E-state index in [0.29, 0.717) is 12.0 Å². The summed E-state index contributed by atoms with van der Waals surface area (Å²) in [4.78, 5) is 18.7. The zero-order valence-electron chi connectivity index (χ0n) is 11.9. The largest absolute Gasteiger partial charge is 0.338 e. The number of fused-ring (bicyclic) bond motifs is 1. The summed E-state index contributed by atoms with van der Waals surface area (Å²) in [5, 5.41) is 9.60. The average molecular weight is 267 g/mol. The van der Waals surface area contributed by atoms with Gasteiger partial charge in [-0.3, -0.25) is 9.78 Å². The van der Waals surface area contributed by atoms with Crippen LogP contribution in [0, 0.1) is 18.3 Å². The number of aryl methyl sites for hydroxylation is 1. The van der Waals surface area contributed by atoms with Crippen molar-refractivity contribution in [3.63, 3.8) is 0 Å². The highest BCUT2D eigenvalue weighted by Gasteiger charge is 2.19. The first-order valence-corrected chi connectivity index (χ1v) is 6.55.